The third-order valence-corrected chi connectivity index (χ3v) is 5.76. The Labute approximate surface area is 217 Å². The van der Waals surface area contributed by atoms with Crippen molar-refractivity contribution in [3.05, 3.63) is 58.7 Å². The first-order valence-electron chi connectivity index (χ1n) is 11.8. The number of halogens is 6. The molecule has 1 saturated heterocycles. The standard InChI is InChI=1S/C26H30F6N2O4/c1-4-5-6-17(2)11-22-15-21(33-16-23(35)38-10-9-37-3)7-8-34(22)24(36)18-12-19(25(27,28)29)14-20(13-18)26(30,31)32/h4-6,12-14,22H,7-11,15-16H2,1-3H3/b5-4-,17-6+,33-21?/t22-/m1/s1. The molecule has 12 heteroatoms. The molecule has 1 amide bonds. The molecule has 2 rings (SSSR count). The molecule has 38 heavy (non-hydrogen) atoms. The molecule has 0 unspecified atom stereocenters. The smallest absolute Gasteiger partial charge is 0.416 e. The number of carbonyl (C=O) groups excluding carboxylic acids is 2. The fraction of sp³-hybridized carbons (Fsp3) is 0.500. The number of methoxy groups -OCH3 is 1. The van der Waals surface area contributed by atoms with Gasteiger partial charge in [-0.3, -0.25) is 14.6 Å². The van der Waals surface area contributed by atoms with Gasteiger partial charge in [-0.05, 0) is 38.5 Å². The number of benzene rings is 1. The van der Waals surface area contributed by atoms with Crippen LogP contribution in [0.3, 0.4) is 0 Å². The van der Waals surface area contributed by atoms with Gasteiger partial charge in [-0.1, -0.05) is 23.8 Å². The summed E-state index contributed by atoms with van der Waals surface area (Å²) in [5, 5.41) is 0. The summed E-state index contributed by atoms with van der Waals surface area (Å²) in [4.78, 5) is 30.7. The van der Waals surface area contributed by atoms with Gasteiger partial charge in [0.15, 0.2) is 0 Å². The third-order valence-electron chi connectivity index (χ3n) is 5.76. The molecule has 1 aliphatic heterocycles. The number of esters is 1. The van der Waals surface area contributed by atoms with Crippen LogP contribution >= 0.6 is 0 Å². The van der Waals surface area contributed by atoms with E-state index in [1.165, 1.54) is 12.0 Å². The van der Waals surface area contributed by atoms with Crippen LogP contribution in [0.25, 0.3) is 0 Å². The van der Waals surface area contributed by atoms with Gasteiger partial charge in [0.25, 0.3) is 5.91 Å². The quantitative estimate of drug-likeness (QED) is 0.168. The van der Waals surface area contributed by atoms with Crippen molar-refractivity contribution in [1.29, 1.82) is 0 Å². The lowest BCUT2D eigenvalue weighted by Gasteiger charge is -2.37. The summed E-state index contributed by atoms with van der Waals surface area (Å²) in [6.45, 7) is 3.66. The second-order valence-electron chi connectivity index (χ2n) is 8.74. The Kier molecular flexibility index (Phi) is 11.1. The lowest BCUT2D eigenvalue weighted by atomic mass is 9.93. The van der Waals surface area contributed by atoms with E-state index in [2.05, 4.69) is 4.99 Å². The molecule has 210 valence electrons. The topological polar surface area (TPSA) is 68.2 Å². The van der Waals surface area contributed by atoms with Crippen molar-refractivity contribution in [3.8, 4) is 0 Å². The number of hydrogen-bond donors (Lipinski definition) is 0. The van der Waals surface area contributed by atoms with Crippen LogP contribution in [0, 0.1) is 0 Å². The van der Waals surface area contributed by atoms with Crippen molar-refractivity contribution >= 4 is 17.6 Å². The van der Waals surface area contributed by atoms with Crippen molar-refractivity contribution in [2.75, 3.05) is 33.4 Å². The number of allylic oxidation sites excluding steroid dienone is 3. The summed E-state index contributed by atoms with van der Waals surface area (Å²) in [5.74, 6) is -1.51. The molecule has 0 saturated carbocycles. The van der Waals surface area contributed by atoms with E-state index in [4.69, 9.17) is 9.47 Å². The van der Waals surface area contributed by atoms with E-state index in [1.54, 1.807) is 25.2 Å². The maximum atomic E-state index is 13.3. The van der Waals surface area contributed by atoms with Gasteiger partial charge in [-0.2, -0.15) is 26.3 Å². The fourth-order valence-electron chi connectivity index (χ4n) is 3.91. The molecule has 1 heterocycles. The molecular formula is C26H30F6N2O4. The highest BCUT2D eigenvalue weighted by molar-refractivity contribution is 5.97. The number of piperidine rings is 1. The molecule has 1 fully saturated rings. The van der Waals surface area contributed by atoms with Gasteiger partial charge in [0.2, 0.25) is 0 Å². The summed E-state index contributed by atoms with van der Waals surface area (Å²) in [5.41, 5.74) is -2.37. The van der Waals surface area contributed by atoms with Crippen LogP contribution in [0.2, 0.25) is 0 Å². The van der Waals surface area contributed by atoms with Gasteiger partial charge in [-0.15, -0.1) is 0 Å². The van der Waals surface area contributed by atoms with Crippen LogP contribution < -0.4 is 0 Å². The molecule has 1 atom stereocenters. The summed E-state index contributed by atoms with van der Waals surface area (Å²) in [6.07, 6.45) is -4.07. The lowest BCUT2D eigenvalue weighted by molar-refractivity contribution is -0.144. The first-order valence-corrected chi connectivity index (χ1v) is 11.8. The van der Waals surface area contributed by atoms with Crippen LogP contribution in [0.15, 0.2) is 47.0 Å². The monoisotopic (exact) mass is 548 g/mol. The first kappa shape index (κ1) is 31.1. The zero-order valence-corrected chi connectivity index (χ0v) is 21.3. The lowest BCUT2D eigenvalue weighted by Crippen LogP contribution is -2.46. The highest BCUT2D eigenvalue weighted by Gasteiger charge is 2.39. The number of ether oxygens (including phenoxy) is 2. The van der Waals surface area contributed by atoms with Crippen LogP contribution in [0.4, 0.5) is 26.3 Å². The number of aliphatic imine (C=N–C) groups is 1. The molecular weight excluding hydrogens is 518 g/mol. The number of amides is 1. The largest absolute Gasteiger partial charge is 0.462 e. The fourth-order valence-corrected chi connectivity index (χ4v) is 3.91. The van der Waals surface area contributed by atoms with E-state index in [9.17, 15) is 35.9 Å². The minimum atomic E-state index is -5.07. The van der Waals surface area contributed by atoms with Crippen molar-refractivity contribution < 1.29 is 45.4 Å². The summed E-state index contributed by atoms with van der Waals surface area (Å²) >= 11 is 0. The van der Waals surface area contributed by atoms with E-state index >= 15 is 0 Å². The molecule has 0 spiro atoms. The molecule has 0 N–H and O–H groups in total. The van der Waals surface area contributed by atoms with Gasteiger partial charge >= 0.3 is 18.3 Å². The van der Waals surface area contributed by atoms with Gasteiger partial charge in [-0.25, -0.2) is 0 Å². The number of alkyl halides is 6. The molecule has 1 aromatic rings. The second kappa shape index (κ2) is 13.6. The average Bonchev–Trinajstić information content (AvgIpc) is 2.84. The number of rotatable bonds is 9. The van der Waals surface area contributed by atoms with E-state index in [1.807, 2.05) is 6.92 Å². The van der Waals surface area contributed by atoms with Gasteiger partial charge < -0.3 is 14.4 Å². The second-order valence-corrected chi connectivity index (χ2v) is 8.74. The van der Waals surface area contributed by atoms with Crippen molar-refractivity contribution in [2.24, 2.45) is 4.99 Å². The number of carbonyl (C=O) groups is 2. The van der Waals surface area contributed by atoms with Gasteiger partial charge in [0.05, 0.1) is 17.7 Å². The Morgan fingerprint density at radius 3 is 2.26 bits per heavy atom. The molecule has 0 aromatic heterocycles. The molecule has 1 aliphatic rings. The van der Waals surface area contributed by atoms with Gasteiger partial charge in [0.1, 0.15) is 13.2 Å². The Morgan fingerprint density at radius 1 is 1.08 bits per heavy atom. The first-order chi connectivity index (χ1) is 17.8. The third kappa shape index (κ3) is 9.30. The highest BCUT2D eigenvalue weighted by atomic mass is 19.4. The minimum absolute atomic E-state index is 0.00901. The van der Waals surface area contributed by atoms with Crippen LogP contribution in [0.5, 0.6) is 0 Å². The SMILES string of the molecule is C/C=C\C=C(/C)C[C@@H]1CC(=NCC(=O)OCCOC)CCN1C(=O)c1cc(C(F)(F)F)cc(C(F)(F)F)c1. The van der Waals surface area contributed by atoms with Crippen molar-refractivity contribution in [3.63, 3.8) is 0 Å². The molecule has 6 nitrogen and oxygen atoms in total. The normalized spacial score (nSPS) is 18.3. The molecule has 0 radical (unpaired) electrons. The summed E-state index contributed by atoms with van der Waals surface area (Å²) < 4.78 is 89.8. The van der Waals surface area contributed by atoms with E-state index < -0.39 is 47.0 Å². The van der Waals surface area contributed by atoms with Crippen LogP contribution in [-0.4, -0.2) is 61.9 Å². The zero-order valence-electron chi connectivity index (χ0n) is 21.3. The molecule has 0 aliphatic carbocycles. The highest BCUT2D eigenvalue weighted by Crippen LogP contribution is 2.37. The Hall–Kier alpha value is -3.15. The molecule has 0 bridgehead atoms. The molecule has 1 aromatic carbocycles. The Morgan fingerprint density at radius 2 is 1.71 bits per heavy atom. The van der Waals surface area contributed by atoms with E-state index in [0.29, 0.717) is 24.3 Å². The van der Waals surface area contributed by atoms with Crippen molar-refractivity contribution in [2.45, 2.75) is 51.5 Å². The average molecular weight is 549 g/mol. The number of nitrogens with zero attached hydrogens (tertiary/aromatic N) is 2. The Balaban J connectivity index is 2.36. The summed E-state index contributed by atoms with van der Waals surface area (Å²) in [6, 6.07) is 0.281. The van der Waals surface area contributed by atoms with E-state index in [-0.39, 0.29) is 45.2 Å². The predicted molar refractivity (Wildman–Crippen MR) is 129 cm³/mol. The van der Waals surface area contributed by atoms with E-state index in [0.717, 1.165) is 5.57 Å². The van der Waals surface area contributed by atoms with Crippen molar-refractivity contribution in [1.82, 2.24) is 4.90 Å². The maximum absolute atomic E-state index is 13.3. The predicted octanol–water partition coefficient (Wildman–Crippen LogP) is 5.87. The van der Waals surface area contributed by atoms with Crippen LogP contribution in [-0.2, 0) is 26.6 Å². The van der Waals surface area contributed by atoms with Crippen LogP contribution in [0.1, 0.15) is 54.6 Å². The number of likely N-dealkylation sites (tertiary alicyclic amines) is 1. The van der Waals surface area contributed by atoms with Gasteiger partial charge in [0, 0.05) is 43.8 Å². The number of hydrogen-bond acceptors (Lipinski definition) is 5. The summed E-state index contributed by atoms with van der Waals surface area (Å²) in [7, 11) is 1.46. The Bertz CT molecular complexity index is 1040. The minimum Gasteiger partial charge on any atom is -0.462 e. The maximum Gasteiger partial charge on any atom is 0.416 e. The zero-order chi connectivity index (χ0) is 28.5.